The third-order valence-corrected chi connectivity index (χ3v) is 3.47. The number of hydrazine groups is 1. The van der Waals surface area contributed by atoms with Gasteiger partial charge in [-0.25, -0.2) is 10.8 Å². The summed E-state index contributed by atoms with van der Waals surface area (Å²) in [4.78, 5) is 8.18. The number of nitrogen functional groups attached to an aromatic ring is 1. The number of aromatic nitrogens is 2. The molecule has 0 unspecified atom stereocenters. The van der Waals surface area contributed by atoms with Crippen molar-refractivity contribution in [3.05, 3.63) is 40.0 Å². The Bertz CT molecular complexity index is 616. The van der Waals surface area contributed by atoms with Gasteiger partial charge < -0.3 is 4.74 Å². The molecule has 2 rings (SSSR count). The van der Waals surface area contributed by atoms with E-state index in [9.17, 15) is 0 Å². The van der Waals surface area contributed by atoms with Crippen LogP contribution in [0.4, 0.5) is 5.95 Å². The van der Waals surface area contributed by atoms with E-state index in [4.69, 9.17) is 10.6 Å². The maximum absolute atomic E-state index is 5.88. The molecule has 0 radical (unpaired) electrons. The molecule has 106 valence electrons. The Morgan fingerprint density at radius 3 is 2.75 bits per heavy atom. The Morgan fingerprint density at radius 2 is 2.10 bits per heavy atom. The number of nitrogens with one attached hydrogen (secondary N) is 1. The van der Waals surface area contributed by atoms with E-state index >= 15 is 0 Å². The predicted octanol–water partition coefficient (Wildman–Crippen LogP) is 3.75. The standard InChI is InChI=1S/C14H17BrN4O/c1-8(2)10-5-4-9(3)12(6-10)20-13-11(15)7-17-14(18-13)19-16/h4-8H,16H2,1-3H3,(H,17,18,19). The summed E-state index contributed by atoms with van der Waals surface area (Å²) in [6.07, 6.45) is 1.60. The summed E-state index contributed by atoms with van der Waals surface area (Å²) in [6.45, 7) is 6.29. The van der Waals surface area contributed by atoms with Crippen molar-refractivity contribution in [3.63, 3.8) is 0 Å². The Labute approximate surface area is 126 Å². The van der Waals surface area contributed by atoms with Crippen molar-refractivity contribution in [2.75, 3.05) is 5.43 Å². The molecule has 6 heteroatoms. The van der Waals surface area contributed by atoms with E-state index in [1.807, 2.05) is 19.1 Å². The van der Waals surface area contributed by atoms with E-state index in [2.05, 4.69) is 51.2 Å². The van der Waals surface area contributed by atoms with Gasteiger partial charge in [-0.15, -0.1) is 0 Å². The molecule has 0 aliphatic heterocycles. The second-order valence-corrected chi connectivity index (χ2v) is 5.63. The highest BCUT2D eigenvalue weighted by Gasteiger charge is 2.10. The summed E-state index contributed by atoms with van der Waals surface area (Å²) in [5.74, 6) is 7.26. The Morgan fingerprint density at radius 1 is 1.35 bits per heavy atom. The first-order valence-corrected chi connectivity index (χ1v) is 7.08. The monoisotopic (exact) mass is 336 g/mol. The number of nitrogens with two attached hydrogens (primary N) is 1. The molecular weight excluding hydrogens is 320 g/mol. The molecule has 0 atom stereocenters. The first-order chi connectivity index (χ1) is 9.51. The highest BCUT2D eigenvalue weighted by molar-refractivity contribution is 9.10. The summed E-state index contributed by atoms with van der Waals surface area (Å²) in [7, 11) is 0. The van der Waals surface area contributed by atoms with E-state index in [0.29, 0.717) is 22.2 Å². The summed E-state index contributed by atoms with van der Waals surface area (Å²) < 4.78 is 6.55. The molecule has 1 heterocycles. The summed E-state index contributed by atoms with van der Waals surface area (Å²) in [6, 6.07) is 6.18. The molecule has 0 bridgehead atoms. The number of benzene rings is 1. The van der Waals surface area contributed by atoms with Gasteiger partial charge in [0, 0.05) is 0 Å². The predicted molar refractivity (Wildman–Crippen MR) is 82.9 cm³/mol. The van der Waals surface area contributed by atoms with Crippen LogP contribution >= 0.6 is 15.9 Å². The third-order valence-electron chi connectivity index (χ3n) is 2.93. The number of hydrogen-bond acceptors (Lipinski definition) is 5. The number of nitrogens with zero attached hydrogens (tertiary/aromatic N) is 2. The van der Waals surface area contributed by atoms with Crippen LogP contribution in [0.2, 0.25) is 0 Å². The molecule has 0 aliphatic rings. The van der Waals surface area contributed by atoms with Crippen molar-refractivity contribution in [1.82, 2.24) is 9.97 Å². The van der Waals surface area contributed by atoms with Crippen molar-refractivity contribution in [3.8, 4) is 11.6 Å². The molecule has 1 aromatic heterocycles. The van der Waals surface area contributed by atoms with Crippen molar-refractivity contribution in [2.24, 2.45) is 5.84 Å². The van der Waals surface area contributed by atoms with Crippen LogP contribution in [0.3, 0.4) is 0 Å². The molecule has 1 aromatic carbocycles. The number of rotatable bonds is 4. The number of aryl methyl sites for hydroxylation is 1. The minimum absolute atomic E-state index is 0.306. The van der Waals surface area contributed by atoms with E-state index in [1.165, 1.54) is 5.56 Å². The van der Waals surface area contributed by atoms with Gasteiger partial charge in [0.2, 0.25) is 11.8 Å². The van der Waals surface area contributed by atoms with Gasteiger partial charge in [0.25, 0.3) is 0 Å². The zero-order chi connectivity index (χ0) is 14.7. The summed E-state index contributed by atoms with van der Waals surface area (Å²) in [5, 5.41) is 0. The second kappa shape index (κ2) is 6.19. The van der Waals surface area contributed by atoms with Gasteiger partial charge in [0.05, 0.1) is 10.7 Å². The van der Waals surface area contributed by atoms with Crippen LogP contribution in [0, 0.1) is 6.92 Å². The van der Waals surface area contributed by atoms with Crippen molar-refractivity contribution in [2.45, 2.75) is 26.7 Å². The Kier molecular flexibility index (Phi) is 4.57. The van der Waals surface area contributed by atoms with E-state index in [1.54, 1.807) is 6.20 Å². The van der Waals surface area contributed by atoms with Crippen LogP contribution in [0.25, 0.3) is 0 Å². The fraction of sp³-hybridized carbons (Fsp3) is 0.286. The molecule has 3 N–H and O–H groups in total. The zero-order valence-electron chi connectivity index (χ0n) is 11.6. The molecule has 5 nitrogen and oxygen atoms in total. The minimum Gasteiger partial charge on any atom is -0.437 e. The van der Waals surface area contributed by atoms with Crippen LogP contribution in [-0.2, 0) is 0 Å². The lowest BCUT2D eigenvalue weighted by molar-refractivity contribution is 0.454. The fourth-order valence-corrected chi connectivity index (χ4v) is 1.95. The molecule has 0 amide bonds. The lowest BCUT2D eigenvalue weighted by Crippen LogP contribution is -2.10. The van der Waals surface area contributed by atoms with Crippen LogP contribution < -0.4 is 16.0 Å². The maximum Gasteiger partial charge on any atom is 0.240 e. The highest BCUT2D eigenvalue weighted by Crippen LogP contribution is 2.31. The van der Waals surface area contributed by atoms with Gasteiger partial charge in [0.1, 0.15) is 5.75 Å². The van der Waals surface area contributed by atoms with Gasteiger partial charge in [-0.05, 0) is 46.0 Å². The van der Waals surface area contributed by atoms with Crippen LogP contribution in [-0.4, -0.2) is 9.97 Å². The normalized spacial score (nSPS) is 10.7. The van der Waals surface area contributed by atoms with Gasteiger partial charge in [-0.3, -0.25) is 5.43 Å². The van der Waals surface area contributed by atoms with Gasteiger partial charge in [0.15, 0.2) is 0 Å². The molecule has 20 heavy (non-hydrogen) atoms. The number of ether oxygens (including phenoxy) is 1. The number of hydrogen-bond donors (Lipinski definition) is 2. The van der Waals surface area contributed by atoms with Crippen LogP contribution in [0.15, 0.2) is 28.9 Å². The van der Waals surface area contributed by atoms with Crippen molar-refractivity contribution < 1.29 is 4.74 Å². The SMILES string of the molecule is Cc1ccc(C(C)C)cc1Oc1nc(NN)ncc1Br. The molecule has 2 aromatic rings. The van der Waals surface area contributed by atoms with E-state index < -0.39 is 0 Å². The molecular formula is C14H17BrN4O. The number of anilines is 1. The first kappa shape index (κ1) is 14.7. The van der Waals surface area contributed by atoms with E-state index in [-0.39, 0.29) is 0 Å². The quantitative estimate of drug-likeness (QED) is 0.657. The minimum atomic E-state index is 0.306. The largest absolute Gasteiger partial charge is 0.437 e. The van der Waals surface area contributed by atoms with E-state index in [0.717, 1.165) is 11.3 Å². The summed E-state index contributed by atoms with van der Waals surface area (Å²) >= 11 is 3.37. The summed E-state index contributed by atoms with van der Waals surface area (Å²) in [5.41, 5.74) is 4.66. The Hall–Kier alpha value is -1.66. The molecule has 0 fully saturated rings. The molecule has 0 saturated heterocycles. The average Bonchev–Trinajstić information content (AvgIpc) is 2.43. The Balaban J connectivity index is 2.36. The highest BCUT2D eigenvalue weighted by atomic mass is 79.9. The van der Waals surface area contributed by atoms with Crippen molar-refractivity contribution in [1.29, 1.82) is 0 Å². The van der Waals surface area contributed by atoms with Gasteiger partial charge >= 0.3 is 0 Å². The molecule has 0 aliphatic carbocycles. The molecule has 0 spiro atoms. The second-order valence-electron chi connectivity index (χ2n) is 4.77. The maximum atomic E-state index is 5.88. The van der Waals surface area contributed by atoms with Gasteiger partial charge in [-0.1, -0.05) is 26.0 Å². The number of halogens is 1. The average molecular weight is 337 g/mol. The van der Waals surface area contributed by atoms with Gasteiger partial charge in [-0.2, -0.15) is 4.98 Å². The lowest BCUT2D eigenvalue weighted by atomic mass is 10.0. The third kappa shape index (κ3) is 3.26. The topological polar surface area (TPSA) is 73.1 Å². The smallest absolute Gasteiger partial charge is 0.240 e. The van der Waals surface area contributed by atoms with Crippen LogP contribution in [0.5, 0.6) is 11.6 Å². The molecule has 0 saturated carbocycles. The van der Waals surface area contributed by atoms with Crippen LogP contribution in [0.1, 0.15) is 30.9 Å². The zero-order valence-corrected chi connectivity index (χ0v) is 13.2. The fourth-order valence-electron chi connectivity index (χ4n) is 1.68. The van der Waals surface area contributed by atoms with Crippen molar-refractivity contribution >= 4 is 21.9 Å². The first-order valence-electron chi connectivity index (χ1n) is 6.29. The lowest BCUT2D eigenvalue weighted by Gasteiger charge is -2.13.